The molecule has 0 aliphatic heterocycles. The number of para-hydroxylation sites is 1. The standard InChI is InChI=1S/C28H27BrF3N3.ClH/c1-34(2)17-16-33-19-20-6-5-7-22(18-20)26-15-14-25(21-10-12-23(29)13-11-21)35(26)27-9-4-3-8-24(27)28(30,31)32;/h3-15,18,33H,16-17,19H2,1-2H3;1H. The van der Waals surface area contributed by atoms with Crippen molar-refractivity contribution in [2.45, 2.75) is 12.7 Å². The van der Waals surface area contributed by atoms with Crippen LogP contribution in [0.5, 0.6) is 0 Å². The van der Waals surface area contributed by atoms with Gasteiger partial charge < -0.3 is 14.8 Å². The molecule has 0 saturated heterocycles. The monoisotopic (exact) mass is 577 g/mol. The number of likely N-dealkylation sites (N-methyl/N-ethyl adjacent to an activating group) is 1. The van der Waals surface area contributed by atoms with Gasteiger partial charge in [-0.3, -0.25) is 0 Å². The lowest BCUT2D eigenvalue weighted by atomic mass is 10.1. The Labute approximate surface area is 224 Å². The van der Waals surface area contributed by atoms with Crippen LogP contribution in [0.2, 0.25) is 0 Å². The van der Waals surface area contributed by atoms with Gasteiger partial charge in [-0.1, -0.05) is 58.4 Å². The SMILES string of the molecule is CN(C)CCNCc1cccc(-c2ccc(-c3ccc(Br)cc3)n2-c2ccccc2C(F)(F)F)c1.Cl. The summed E-state index contributed by atoms with van der Waals surface area (Å²) in [5.74, 6) is 0. The number of halogens is 5. The summed E-state index contributed by atoms with van der Waals surface area (Å²) in [6, 6.07) is 25.1. The topological polar surface area (TPSA) is 20.2 Å². The largest absolute Gasteiger partial charge is 0.418 e. The molecular weight excluding hydrogens is 551 g/mol. The van der Waals surface area contributed by atoms with Crippen molar-refractivity contribution in [1.82, 2.24) is 14.8 Å². The van der Waals surface area contributed by atoms with Crippen LogP contribution in [0.15, 0.2) is 89.4 Å². The first-order valence-corrected chi connectivity index (χ1v) is 12.1. The van der Waals surface area contributed by atoms with E-state index in [0.29, 0.717) is 17.9 Å². The number of hydrogen-bond acceptors (Lipinski definition) is 2. The van der Waals surface area contributed by atoms with Crippen molar-refractivity contribution >= 4 is 28.3 Å². The molecule has 0 saturated carbocycles. The minimum atomic E-state index is -4.48. The minimum Gasteiger partial charge on any atom is -0.311 e. The Kier molecular flexibility index (Phi) is 9.41. The fourth-order valence-electron chi connectivity index (χ4n) is 4.05. The molecule has 8 heteroatoms. The Bertz CT molecular complexity index is 1280. The zero-order valence-corrected chi connectivity index (χ0v) is 22.4. The van der Waals surface area contributed by atoms with Gasteiger partial charge in [-0.15, -0.1) is 12.4 Å². The van der Waals surface area contributed by atoms with Crippen LogP contribution in [0.1, 0.15) is 11.1 Å². The normalized spacial score (nSPS) is 11.5. The minimum absolute atomic E-state index is 0. The molecule has 0 amide bonds. The van der Waals surface area contributed by atoms with Crippen molar-refractivity contribution in [2.75, 3.05) is 27.2 Å². The molecule has 4 aromatic rings. The predicted molar refractivity (Wildman–Crippen MR) is 147 cm³/mol. The molecule has 0 spiro atoms. The Hall–Kier alpha value is -2.58. The average molecular weight is 579 g/mol. The quantitative estimate of drug-likeness (QED) is 0.217. The van der Waals surface area contributed by atoms with E-state index in [1.54, 1.807) is 10.6 Å². The maximum absolute atomic E-state index is 14.0. The van der Waals surface area contributed by atoms with Gasteiger partial charge in [0.2, 0.25) is 0 Å². The summed E-state index contributed by atoms with van der Waals surface area (Å²) in [5, 5.41) is 3.42. The summed E-state index contributed by atoms with van der Waals surface area (Å²) >= 11 is 3.44. The van der Waals surface area contributed by atoms with Crippen LogP contribution in [-0.4, -0.2) is 36.7 Å². The van der Waals surface area contributed by atoms with Crippen LogP contribution in [-0.2, 0) is 12.7 Å². The maximum atomic E-state index is 14.0. The lowest BCUT2D eigenvalue weighted by Crippen LogP contribution is -2.26. The average Bonchev–Trinajstić information content (AvgIpc) is 3.27. The summed E-state index contributed by atoms with van der Waals surface area (Å²) < 4.78 is 44.7. The number of nitrogens with one attached hydrogen (secondary N) is 1. The molecule has 4 rings (SSSR count). The van der Waals surface area contributed by atoms with Gasteiger partial charge in [0.05, 0.1) is 22.6 Å². The molecular formula is C28H28BrClF3N3. The van der Waals surface area contributed by atoms with Crippen LogP contribution >= 0.6 is 28.3 Å². The highest BCUT2D eigenvalue weighted by Crippen LogP contribution is 2.39. The first-order valence-electron chi connectivity index (χ1n) is 11.3. The third kappa shape index (κ3) is 6.59. The fourth-order valence-corrected chi connectivity index (χ4v) is 4.32. The zero-order valence-electron chi connectivity index (χ0n) is 20.0. The second-order valence-electron chi connectivity index (χ2n) is 8.64. The highest BCUT2D eigenvalue weighted by Gasteiger charge is 2.34. The summed E-state index contributed by atoms with van der Waals surface area (Å²) in [7, 11) is 4.05. The molecule has 0 bridgehead atoms. The Balaban J connectivity index is 0.00000361. The Morgan fingerprint density at radius 1 is 0.833 bits per heavy atom. The van der Waals surface area contributed by atoms with Crippen molar-refractivity contribution in [3.63, 3.8) is 0 Å². The van der Waals surface area contributed by atoms with Crippen LogP contribution in [0, 0.1) is 0 Å². The smallest absolute Gasteiger partial charge is 0.311 e. The molecule has 190 valence electrons. The number of alkyl halides is 3. The van der Waals surface area contributed by atoms with Gasteiger partial charge in [-0.2, -0.15) is 13.2 Å². The Morgan fingerprint density at radius 3 is 2.17 bits per heavy atom. The zero-order chi connectivity index (χ0) is 25.0. The van der Waals surface area contributed by atoms with E-state index in [2.05, 4.69) is 26.1 Å². The van der Waals surface area contributed by atoms with E-state index in [1.807, 2.05) is 74.8 Å². The van der Waals surface area contributed by atoms with E-state index in [4.69, 9.17) is 0 Å². The van der Waals surface area contributed by atoms with Crippen molar-refractivity contribution in [1.29, 1.82) is 0 Å². The van der Waals surface area contributed by atoms with Crippen molar-refractivity contribution in [2.24, 2.45) is 0 Å². The van der Waals surface area contributed by atoms with E-state index >= 15 is 0 Å². The highest BCUT2D eigenvalue weighted by atomic mass is 79.9. The van der Waals surface area contributed by atoms with E-state index in [-0.39, 0.29) is 18.1 Å². The van der Waals surface area contributed by atoms with E-state index < -0.39 is 11.7 Å². The third-order valence-electron chi connectivity index (χ3n) is 5.76. The van der Waals surface area contributed by atoms with E-state index in [0.717, 1.165) is 40.3 Å². The summed E-state index contributed by atoms with van der Waals surface area (Å²) in [6.07, 6.45) is -4.48. The summed E-state index contributed by atoms with van der Waals surface area (Å²) in [4.78, 5) is 2.11. The van der Waals surface area contributed by atoms with Crippen molar-refractivity contribution < 1.29 is 13.2 Å². The number of hydrogen-bond donors (Lipinski definition) is 1. The van der Waals surface area contributed by atoms with Crippen LogP contribution < -0.4 is 5.32 Å². The molecule has 0 atom stereocenters. The first kappa shape index (κ1) is 28.0. The lowest BCUT2D eigenvalue weighted by Gasteiger charge is -2.19. The van der Waals surface area contributed by atoms with Crippen LogP contribution in [0.25, 0.3) is 28.2 Å². The molecule has 1 aromatic heterocycles. The number of aromatic nitrogens is 1. The molecule has 0 aliphatic carbocycles. The van der Waals surface area contributed by atoms with Gasteiger partial charge in [0, 0.05) is 24.1 Å². The van der Waals surface area contributed by atoms with E-state index in [9.17, 15) is 13.2 Å². The predicted octanol–water partition coefficient (Wildman–Crippen LogP) is 7.67. The molecule has 0 radical (unpaired) electrons. The highest BCUT2D eigenvalue weighted by molar-refractivity contribution is 9.10. The lowest BCUT2D eigenvalue weighted by molar-refractivity contribution is -0.137. The molecule has 0 aliphatic rings. The van der Waals surface area contributed by atoms with Gasteiger partial charge in [0.15, 0.2) is 0 Å². The second-order valence-corrected chi connectivity index (χ2v) is 9.56. The number of nitrogens with zero attached hydrogens (tertiary/aromatic N) is 2. The molecule has 36 heavy (non-hydrogen) atoms. The number of benzene rings is 3. The van der Waals surface area contributed by atoms with Crippen molar-refractivity contribution in [3.05, 3.63) is 101 Å². The molecule has 0 unspecified atom stereocenters. The third-order valence-corrected chi connectivity index (χ3v) is 6.29. The molecule has 3 nitrogen and oxygen atoms in total. The number of rotatable bonds is 8. The summed E-state index contributed by atoms with van der Waals surface area (Å²) in [6.45, 7) is 2.45. The summed E-state index contributed by atoms with van der Waals surface area (Å²) in [5.41, 5.74) is 3.59. The fraction of sp³-hybridized carbons (Fsp3) is 0.214. The van der Waals surface area contributed by atoms with Crippen molar-refractivity contribution in [3.8, 4) is 28.2 Å². The van der Waals surface area contributed by atoms with Gasteiger partial charge in [-0.25, -0.2) is 0 Å². The van der Waals surface area contributed by atoms with Gasteiger partial charge in [-0.05, 0) is 73.3 Å². The first-order chi connectivity index (χ1) is 16.7. The molecule has 3 aromatic carbocycles. The van der Waals surface area contributed by atoms with Gasteiger partial charge in [0.1, 0.15) is 0 Å². The molecule has 0 fully saturated rings. The van der Waals surface area contributed by atoms with Crippen LogP contribution in [0.4, 0.5) is 13.2 Å². The van der Waals surface area contributed by atoms with Gasteiger partial charge >= 0.3 is 6.18 Å². The molecule has 1 heterocycles. The maximum Gasteiger partial charge on any atom is 0.418 e. The second kappa shape index (κ2) is 12.1. The van der Waals surface area contributed by atoms with Gasteiger partial charge in [0.25, 0.3) is 0 Å². The Morgan fingerprint density at radius 2 is 1.50 bits per heavy atom. The van der Waals surface area contributed by atoms with E-state index in [1.165, 1.54) is 12.1 Å². The molecule has 1 N–H and O–H groups in total. The van der Waals surface area contributed by atoms with Crippen LogP contribution in [0.3, 0.4) is 0 Å².